The van der Waals surface area contributed by atoms with E-state index in [1.807, 2.05) is 11.9 Å². The molecule has 0 radical (unpaired) electrons. The maximum atomic E-state index is 11.5. The normalized spacial score (nSPS) is 18.5. The molecule has 2 aliphatic rings. The third kappa shape index (κ3) is 5.14. The summed E-state index contributed by atoms with van der Waals surface area (Å²) in [7, 11) is 1.85. The Hall–Kier alpha value is -3.46. The number of piperazine rings is 1. The third-order valence-electron chi connectivity index (χ3n) is 6.41. The van der Waals surface area contributed by atoms with Gasteiger partial charge in [0.25, 0.3) is 0 Å². The molecule has 2 aromatic rings. The lowest BCUT2D eigenvalue weighted by Gasteiger charge is -2.34. The zero-order valence-corrected chi connectivity index (χ0v) is 19.3. The minimum absolute atomic E-state index is 0.161. The number of aromatic nitrogens is 2. The second-order valence-corrected chi connectivity index (χ2v) is 8.45. The van der Waals surface area contributed by atoms with Gasteiger partial charge in [0.1, 0.15) is 5.84 Å². The molecule has 0 bridgehead atoms. The Morgan fingerprint density at radius 3 is 2.55 bits per heavy atom. The summed E-state index contributed by atoms with van der Waals surface area (Å²) >= 11 is 0. The van der Waals surface area contributed by atoms with Gasteiger partial charge in [-0.05, 0) is 30.5 Å². The summed E-state index contributed by atoms with van der Waals surface area (Å²) in [5.41, 5.74) is 10.6. The number of amidine groups is 1. The average Bonchev–Trinajstić information content (AvgIpc) is 3.21. The first kappa shape index (κ1) is 22.7. The molecule has 33 heavy (non-hydrogen) atoms. The first-order valence-corrected chi connectivity index (χ1v) is 11.4. The van der Waals surface area contributed by atoms with Crippen molar-refractivity contribution in [2.24, 2.45) is 0 Å². The fourth-order valence-electron chi connectivity index (χ4n) is 4.51. The van der Waals surface area contributed by atoms with Crippen LogP contribution in [0.15, 0.2) is 42.2 Å². The number of anilines is 2. The predicted molar refractivity (Wildman–Crippen MR) is 131 cm³/mol. The molecule has 174 valence electrons. The topological polar surface area (TPSA) is 114 Å². The van der Waals surface area contributed by atoms with Crippen molar-refractivity contribution in [3.8, 4) is 0 Å². The monoisotopic (exact) mass is 448 g/mol. The van der Waals surface area contributed by atoms with E-state index in [1.165, 1.54) is 5.56 Å². The lowest BCUT2D eigenvalue weighted by Crippen LogP contribution is -2.48. The van der Waals surface area contributed by atoms with E-state index in [4.69, 9.17) is 11.1 Å². The van der Waals surface area contributed by atoms with Gasteiger partial charge in [-0.1, -0.05) is 12.1 Å². The summed E-state index contributed by atoms with van der Waals surface area (Å²) in [5.74, 6) is 0.891. The molecule has 0 unspecified atom stereocenters. The molecule has 2 saturated heterocycles. The number of nitrogens with two attached hydrogens (primary N) is 1. The Labute approximate surface area is 194 Å². The van der Waals surface area contributed by atoms with Crippen LogP contribution in [0.25, 0.3) is 5.70 Å². The molecule has 0 aliphatic carbocycles. The van der Waals surface area contributed by atoms with Crippen molar-refractivity contribution >= 4 is 29.1 Å². The Morgan fingerprint density at radius 2 is 1.88 bits per heavy atom. The number of nitrogens with one attached hydrogen (secondary N) is 2. The number of carbonyl (C=O) groups is 1. The van der Waals surface area contributed by atoms with Gasteiger partial charge in [-0.2, -0.15) is 0 Å². The number of nitrogen functional groups attached to an aromatic ring is 1. The summed E-state index contributed by atoms with van der Waals surface area (Å²) in [6.07, 6.45) is 5.09. The van der Waals surface area contributed by atoms with Crippen LogP contribution in [0, 0.1) is 5.41 Å². The standard InChI is InChI=1S/C24H32N8O/c1-17(33)31-12-10-30(11-13-31)8-6-18-4-3-5-20(14-18)32-9-7-21(23(32)25)22(27-2)19-15-28-24(26)29-16-19/h3-5,14-16,25,27H,6-13H2,1-2H3,(H2,26,28,29)/b22-21-,25-23?. The average molecular weight is 449 g/mol. The van der Waals surface area contributed by atoms with E-state index in [1.54, 1.807) is 19.3 Å². The molecular weight excluding hydrogens is 416 g/mol. The van der Waals surface area contributed by atoms with Gasteiger partial charge >= 0.3 is 0 Å². The van der Waals surface area contributed by atoms with E-state index < -0.39 is 0 Å². The molecule has 2 aliphatic heterocycles. The number of carbonyl (C=O) groups excluding carboxylic acids is 1. The van der Waals surface area contributed by atoms with Crippen LogP contribution in [0.2, 0.25) is 0 Å². The SMILES string of the molecule is CN/C(=C1/CCN(c2cccc(CCN3CCN(C(C)=O)CC3)c2)C1=N)c1cnc(N)nc1. The fourth-order valence-corrected chi connectivity index (χ4v) is 4.51. The van der Waals surface area contributed by atoms with E-state index >= 15 is 0 Å². The van der Waals surface area contributed by atoms with Crippen molar-refractivity contribution < 1.29 is 4.79 Å². The summed E-state index contributed by atoms with van der Waals surface area (Å²) in [5, 5.41) is 12.1. The van der Waals surface area contributed by atoms with Gasteiger partial charge < -0.3 is 20.9 Å². The zero-order chi connectivity index (χ0) is 23.4. The number of rotatable bonds is 6. The predicted octanol–water partition coefficient (Wildman–Crippen LogP) is 1.58. The van der Waals surface area contributed by atoms with E-state index in [0.29, 0.717) is 5.84 Å². The molecule has 4 N–H and O–H groups in total. The molecule has 1 aromatic heterocycles. The van der Waals surface area contributed by atoms with Crippen LogP contribution in [0.1, 0.15) is 24.5 Å². The minimum Gasteiger partial charge on any atom is -0.387 e. The van der Waals surface area contributed by atoms with Crippen molar-refractivity contribution in [1.29, 1.82) is 5.41 Å². The second-order valence-electron chi connectivity index (χ2n) is 8.45. The van der Waals surface area contributed by atoms with Crippen molar-refractivity contribution in [2.45, 2.75) is 19.8 Å². The molecule has 1 amide bonds. The van der Waals surface area contributed by atoms with Gasteiger partial charge in [-0.15, -0.1) is 0 Å². The van der Waals surface area contributed by atoms with Crippen LogP contribution in [-0.2, 0) is 11.2 Å². The van der Waals surface area contributed by atoms with Gasteiger partial charge in [-0.25, -0.2) is 9.97 Å². The number of nitrogens with zero attached hydrogens (tertiary/aromatic N) is 5. The molecule has 9 nitrogen and oxygen atoms in total. The molecular formula is C24H32N8O. The van der Waals surface area contributed by atoms with Gasteiger partial charge in [-0.3, -0.25) is 15.1 Å². The van der Waals surface area contributed by atoms with Crippen LogP contribution in [0.3, 0.4) is 0 Å². The number of hydrogen-bond donors (Lipinski definition) is 3. The lowest BCUT2D eigenvalue weighted by molar-refractivity contribution is -0.130. The third-order valence-corrected chi connectivity index (χ3v) is 6.41. The summed E-state index contributed by atoms with van der Waals surface area (Å²) in [4.78, 5) is 26.1. The fraction of sp³-hybridized carbons (Fsp3) is 0.417. The number of hydrogen-bond acceptors (Lipinski definition) is 7. The molecule has 2 fully saturated rings. The highest BCUT2D eigenvalue weighted by Gasteiger charge is 2.27. The molecule has 4 rings (SSSR count). The largest absolute Gasteiger partial charge is 0.387 e. The maximum Gasteiger partial charge on any atom is 0.219 e. The Bertz CT molecular complexity index is 1040. The molecule has 3 heterocycles. The van der Waals surface area contributed by atoms with E-state index in [2.05, 4.69) is 49.4 Å². The van der Waals surface area contributed by atoms with Crippen molar-refractivity contribution in [3.63, 3.8) is 0 Å². The smallest absolute Gasteiger partial charge is 0.219 e. The Morgan fingerprint density at radius 1 is 1.15 bits per heavy atom. The van der Waals surface area contributed by atoms with Crippen molar-refractivity contribution in [1.82, 2.24) is 25.1 Å². The molecule has 0 atom stereocenters. The van der Waals surface area contributed by atoms with Gasteiger partial charge in [0.15, 0.2) is 0 Å². The van der Waals surface area contributed by atoms with E-state index in [9.17, 15) is 4.79 Å². The molecule has 0 saturated carbocycles. The highest BCUT2D eigenvalue weighted by atomic mass is 16.2. The van der Waals surface area contributed by atoms with Gasteiger partial charge in [0, 0.05) is 82.5 Å². The van der Waals surface area contributed by atoms with E-state index in [0.717, 1.165) is 74.6 Å². The first-order valence-electron chi connectivity index (χ1n) is 11.4. The zero-order valence-electron chi connectivity index (χ0n) is 19.3. The molecule has 0 spiro atoms. The summed E-state index contributed by atoms with van der Waals surface area (Å²) in [6, 6.07) is 8.48. The number of benzene rings is 1. The van der Waals surface area contributed by atoms with Gasteiger partial charge in [0.2, 0.25) is 11.9 Å². The summed E-state index contributed by atoms with van der Waals surface area (Å²) in [6.45, 7) is 6.83. The first-order chi connectivity index (χ1) is 16.0. The van der Waals surface area contributed by atoms with Gasteiger partial charge in [0.05, 0.1) is 5.70 Å². The van der Waals surface area contributed by atoms with Crippen LogP contribution >= 0.6 is 0 Å². The second kappa shape index (κ2) is 9.99. The van der Waals surface area contributed by atoms with Crippen LogP contribution < -0.4 is 16.0 Å². The lowest BCUT2D eigenvalue weighted by atomic mass is 10.1. The maximum absolute atomic E-state index is 11.5. The van der Waals surface area contributed by atoms with Crippen LogP contribution in [0.5, 0.6) is 0 Å². The van der Waals surface area contributed by atoms with E-state index in [-0.39, 0.29) is 11.9 Å². The molecule has 9 heteroatoms. The van der Waals surface area contributed by atoms with Crippen LogP contribution in [-0.4, -0.2) is 77.8 Å². The Balaban J connectivity index is 1.43. The highest BCUT2D eigenvalue weighted by molar-refractivity contribution is 6.14. The minimum atomic E-state index is 0.161. The summed E-state index contributed by atoms with van der Waals surface area (Å²) < 4.78 is 0. The molecule has 1 aromatic carbocycles. The van der Waals surface area contributed by atoms with Crippen molar-refractivity contribution in [2.75, 3.05) is 56.9 Å². The van der Waals surface area contributed by atoms with Crippen molar-refractivity contribution in [3.05, 3.63) is 53.4 Å². The van der Waals surface area contributed by atoms with Crippen LogP contribution in [0.4, 0.5) is 11.6 Å². The highest BCUT2D eigenvalue weighted by Crippen LogP contribution is 2.30. The Kier molecular flexibility index (Phi) is 6.88. The number of amides is 1. The quantitative estimate of drug-likeness (QED) is 0.615.